The number of benzene rings is 1. The zero-order valence-corrected chi connectivity index (χ0v) is 19.3. The second-order valence-electron chi connectivity index (χ2n) is 9.11. The van der Waals surface area contributed by atoms with Gasteiger partial charge in [-0.05, 0) is 69.0 Å². The molecule has 0 bridgehead atoms. The summed E-state index contributed by atoms with van der Waals surface area (Å²) < 4.78 is 3.00. The molecule has 4 aromatic rings. The summed E-state index contributed by atoms with van der Waals surface area (Å²) in [6.45, 7) is 4.41. The van der Waals surface area contributed by atoms with Crippen molar-refractivity contribution in [3.05, 3.63) is 52.2 Å². The Morgan fingerprint density at radius 3 is 2.76 bits per heavy atom. The van der Waals surface area contributed by atoms with Crippen LogP contribution >= 0.6 is 11.3 Å². The van der Waals surface area contributed by atoms with Gasteiger partial charge < -0.3 is 15.5 Å². The summed E-state index contributed by atoms with van der Waals surface area (Å²) >= 11 is 1.47. The highest BCUT2D eigenvalue weighted by Gasteiger charge is 2.24. The topological polar surface area (TPSA) is 78.7 Å². The number of anilines is 1. The molecule has 170 valence electrons. The van der Waals surface area contributed by atoms with Crippen LogP contribution in [-0.4, -0.2) is 52.9 Å². The standard InChI is InChI=1S/C25H27N5O2S/c31-22-17-9-10-20(27-15-16-7-8-16)28-23(17)30-18-5-1-2-6-19(18)33-25(30)21(22)24(32)26-11-14-29-12-3-4-13-29/h1-2,5-6,9-10,16H,3-4,7-8,11-15H2,(H,26,32)(H,27,28). The van der Waals surface area contributed by atoms with Gasteiger partial charge in [0.1, 0.15) is 16.2 Å². The first-order valence-corrected chi connectivity index (χ1v) is 12.6. The van der Waals surface area contributed by atoms with Crippen LogP contribution < -0.4 is 16.1 Å². The lowest BCUT2D eigenvalue weighted by Gasteiger charge is -2.15. The van der Waals surface area contributed by atoms with Crippen LogP contribution in [0.25, 0.3) is 26.1 Å². The molecule has 7 nitrogen and oxygen atoms in total. The average Bonchev–Trinajstić information content (AvgIpc) is 3.36. The third kappa shape index (κ3) is 3.87. The molecule has 2 N–H and O–H groups in total. The second kappa shape index (κ2) is 8.43. The Balaban J connectivity index is 1.44. The molecule has 1 saturated heterocycles. The van der Waals surface area contributed by atoms with Crippen molar-refractivity contribution in [1.29, 1.82) is 0 Å². The molecular weight excluding hydrogens is 434 g/mol. The fourth-order valence-corrected chi connectivity index (χ4v) is 5.86. The molecule has 1 aromatic carbocycles. The largest absolute Gasteiger partial charge is 0.370 e. The number of carbonyl (C=O) groups excluding carboxylic acids is 1. The second-order valence-corrected chi connectivity index (χ2v) is 10.1. The van der Waals surface area contributed by atoms with E-state index in [1.165, 1.54) is 37.0 Å². The maximum Gasteiger partial charge on any atom is 0.258 e. The highest BCUT2D eigenvalue weighted by atomic mass is 32.1. The number of hydrogen-bond donors (Lipinski definition) is 2. The maximum absolute atomic E-state index is 13.5. The highest BCUT2D eigenvalue weighted by Crippen LogP contribution is 2.32. The van der Waals surface area contributed by atoms with Gasteiger partial charge in [-0.15, -0.1) is 11.3 Å². The van der Waals surface area contributed by atoms with Crippen molar-refractivity contribution in [3.63, 3.8) is 0 Å². The molecule has 2 aliphatic rings. The van der Waals surface area contributed by atoms with Gasteiger partial charge in [-0.3, -0.25) is 14.0 Å². The van der Waals surface area contributed by atoms with Crippen LogP contribution in [0, 0.1) is 5.92 Å². The Morgan fingerprint density at radius 2 is 1.94 bits per heavy atom. The predicted molar refractivity (Wildman–Crippen MR) is 134 cm³/mol. The van der Waals surface area contributed by atoms with Crippen LogP contribution in [0.1, 0.15) is 36.0 Å². The zero-order valence-electron chi connectivity index (χ0n) is 18.5. The molecule has 1 amide bonds. The highest BCUT2D eigenvalue weighted by molar-refractivity contribution is 7.24. The summed E-state index contributed by atoms with van der Waals surface area (Å²) in [6, 6.07) is 11.6. The Kier molecular flexibility index (Phi) is 5.27. The normalized spacial score (nSPS) is 16.7. The molecule has 1 saturated carbocycles. The van der Waals surface area contributed by atoms with Gasteiger partial charge in [0, 0.05) is 19.6 Å². The van der Waals surface area contributed by atoms with Gasteiger partial charge in [0.2, 0.25) is 5.43 Å². The number of aromatic nitrogens is 2. The number of likely N-dealkylation sites (tertiary alicyclic amines) is 1. The molecule has 8 heteroatoms. The Bertz CT molecular complexity index is 1420. The molecule has 1 aliphatic heterocycles. The van der Waals surface area contributed by atoms with E-state index < -0.39 is 0 Å². The van der Waals surface area contributed by atoms with Gasteiger partial charge in [0.05, 0.1) is 15.6 Å². The first kappa shape index (κ1) is 20.6. The summed E-state index contributed by atoms with van der Waals surface area (Å²) in [5.74, 6) is 1.18. The number of fused-ring (bicyclic) bond motifs is 5. The van der Waals surface area contributed by atoms with Crippen molar-refractivity contribution in [2.75, 3.05) is 38.0 Å². The van der Waals surface area contributed by atoms with Crippen LogP contribution in [0.3, 0.4) is 0 Å². The quantitative estimate of drug-likeness (QED) is 0.439. The molecule has 3 aromatic heterocycles. The van der Waals surface area contributed by atoms with Gasteiger partial charge in [0.25, 0.3) is 5.91 Å². The minimum Gasteiger partial charge on any atom is -0.370 e. The van der Waals surface area contributed by atoms with E-state index in [0.29, 0.717) is 22.4 Å². The number of para-hydroxylation sites is 1. The summed E-state index contributed by atoms with van der Waals surface area (Å²) in [6.07, 6.45) is 4.95. The van der Waals surface area contributed by atoms with Gasteiger partial charge in [-0.2, -0.15) is 0 Å². The van der Waals surface area contributed by atoms with Crippen LogP contribution in [-0.2, 0) is 0 Å². The zero-order chi connectivity index (χ0) is 22.4. The smallest absolute Gasteiger partial charge is 0.258 e. The summed E-state index contributed by atoms with van der Waals surface area (Å²) in [5.41, 5.74) is 1.52. The van der Waals surface area contributed by atoms with Crippen molar-refractivity contribution < 1.29 is 4.79 Å². The van der Waals surface area contributed by atoms with Crippen LogP contribution in [0.2, 0.25) is 0 Å². The molecule has 0 radical (unpaired) electrons. The Labute approximate surface area is 195 Å². The van der Waals surface area contributed by atoms with E-state index in [-0.39, 0.29) is 16.9 Å². The number of carbonyl (C=O) groups is 1. The third-order valence-electron chi connectivity index (χ3n) is 6.70. The van der Waals surface area contributed by atoms with Gasteiger partial charge in [-0.25, -0.2) is 4.98 Å². The molecule has 0 spiro atoms. The first-order chi connectivity index (χ1) is 16.2. The van der Waals surface area contributed by atoms with E-state index in [4.69, 9.17) is 4.98 Å². The fourth-order valence-electron chi connectivity index (χ4n) is 4.68. The minimum absolute atomic E-state index is 0.214. The Hall–Kier alpha value is -2.97. The lowest BCUT2D eigenvalue weighted by Crippen LogP contribution is -2.35. The van der Waals surface area contributed by atoms with Gasteiger partial charge in [0.15, 0.2) is 5.65 Å². The van der Waals surface area contributed by atoms with Crippen molar-refractivity contribution in [2.24, 2.45) is 5.92 Å². The maximum atomic E-state index is 13.5. The first-order valence-electron chi connectivity index (χ1n) is 11.8. The average molecular weight is 462 g/mol. The van der Waals surface area contributed by atoms with Crippen LogP contribution in [0.15, 0.2) is 41.2 Å². The SMILES string of the molecule is O=C(NCCN1CCCC1)c1c(=O)c2ccc(NCC3CC3)nc2n2c1sc1ccccc12. The molecule has 1 aliphatic carbocycles. The van der Waals surface area contributed by atoms with E-state index in [9.17, 15) is 9.59 Å². The van der Waals surface area contributed by atoms with Crippen molar-refractivity contribution in [2.45, 2.75) is 25.7 Å². The number of thiazole rings is 1. The molecule has 0 unspecified atom stereocenters. The van der Waals surface area contributed by atoms with Crippen LogP contribution in [0.4, 0.5) is 5.82 Å². The van der Waals surface area contributed by atoms with Gasteiger partial charge >= 0.3 is 0 Å². The lowest BCUT2D eigenvalue weighted by atomic mass is 10.1. The van der Waals surface area contributed by atoms with Gasteiger partial charge in [-0.1, -0.05) is 12.1 Å². The van der Waals surface area contributed by atoms with Crippen molar-refractivity contribution in [1.82, 2.24) is 19.6 Å². The monoisotopic (exact) mass is 461 g/mol. The minimum atomic E-state index is -0.305. The van der Waals surface area contributed by atoms with E-state index in [1.54, 1.807) is 6.07 Å². The number of rotatable bonds is 7. The van der Waals surface area contributed by atoms with E-state index in [1.807, 2.05) is 34.7 Å². The summed E-state index contributed by atoms with van der Waals surface area (Å²) in [5, 5.41) is 6.88. The number of hydrogen-bond acceptors (Lipinski definition) is 6. The molecule has 0 atom stereocenters. The number of nitrogens with zero attached hydrogens (tertiary/aromatic N) is 3. The van der Waals surface area contributed by atoms with Crippen molar-refractivity contribution in [3.8, 4) is 0 Å². The lowest BCUT2D eigenvalue weighted by molar-refractivity contribution is 0.0950. The number of amides is 1. The third-order valence-corrected chi connectivity index (χ3v) is 7.84. The van der Waals surface area contributed by atoms with Crippen molar-refractivity contribution >= 4 is 49.1 Å². The fraction of sp³-hybridized carbons (Fsp3) is 0.400. The molecular formula is C25H27N5O2S. The summed E-state index contributed by atoms with van der Waals surface area (Å²) in [7, 11) is 0. The molecule has 33 heavy (non-hydrogen) atoms. The summed E-state index contributed by atoms with van der Waals surface area (Å²) in [4.78, 5) is 34.6. The molecule has 4 heterocycles. The number of nitrogens with one attached hydrogen (secondary N) is 2. The predicted octanol–water partition coefficient (Wildman–Crippen LogP) is 3.71. The van der Waals surface area contributed by atoms with E-state index in [0.717, 1.165) is 48.1 Å². The molecule has 6 rings (SSSR count). The van der Waals surface area contributed by atoms with Crippen LogP contribution in [0.5, 0.6) is 0 Å². The molecule has 2 fully saturated rings. The van der Waals surface area contributed by atoms with E-state index >= 15 is 0 Å². The number of pyridine rings is 2. The van der Waals surface area contributed by atoms with E-state index in [2.05, 4.69) is 15.5 Å². The Morgan fingerprint density at radius 1 is 1.12 bits per heavy atom.